The summed E-state index contributed by atoms with van der Waals surface area (Å²) in [5.74, 6) is -0.708. The van der Waals surface area contributed by atoms with E-state index < -0.39 is 21.8 Å². The van der Waals surface area contributed by atoms with Crippen molar-refractivity contribution in [2.75, 3.05) is 11.8 Å². The highest BCUT2D eigenvalue weighted by Crippen LogP contribution is 2.34. The molecule has 142 valence electrons. The molecule has 7 nitrogen and oxygen atoms in total. The van der Waals surface area contributed by atoms with Gasteiger partial charge in [0.25, 0.3) is 10.0 Å². The third-order valence-electron chi connectivity index (χ3n) is 3.54. The first-order chi connectivity index (χ1) is 12.7. The van der Waals surface area contributed by atoms with Crippen LogP contribution in [-0.2, 0) is 16.2 Å². The normalized spacial score (nSPS) is 12.0. The first kappa shape index (κ1) is 18.7. The summed E-state index contributed by atoms with van der Waals surface area (Å²) in [6.07, 6.45) is -1.31. The van der Waals surface area contributed by atoms with Crippen molar-refractivity contribution in [3.8, 4) is 17.1 Å². The smallest absolute Gasteiger partial charge is 0.418 e. The average Bonchev–Trinajstić information content (AvgIpc) is 3.13. The Morgan fingerprint density at radius 1 is 1.19 bits per heavy atom. The highest BCUT2D eigenvalue weighted by Gasteiger charge is 2.32. The van der Waals surface area contributed by atoms with Crippen molar-refractivity contribution < 1.29 is 26.3 Å². The number of pyridine rings is 2. The molecule has 0 aromatic carbocycles. The van der Waals surface area contributed by atoms with Crippen molar-refractivity contribution in [2.24, 2.45) is 0 Å². The molecule has 0 radical (unpaired) electrons. The maximum Gasteiger partial charge on any atom is 0.418 e. The number of hydrogen-bond donors (Lipinski definition) is 2. The summed E-state index contributed by atoms with van der Waals surface area (Å²) in [5, 5.41) is 0. The minimum absolute atomic E-state index is 0.132. The van der Waals surface area contributed by atoms with Gasteiger partial charge < -0.3 is 9.72 Å². The number of sulfonamides is 1. The van der Waals surface area contributed by atoms with Gasteiger partial charge in [0.1, 0.15) is 4.90 Å². The molecule has 0 amide bonds. The van der Waals surface area contributed by atoms with Gasteiger partial charge in [0.15, 0.2) is 11.6 Å². The first-order valence-corrected chi connectivity index (χ1v) is 8.93. The molecule has 2 N–H and O–H groups in total. The van der Waals surface area contributed by atoms with Crippen LogP contribution in [0.5, 0.6) is 5.75 Å². The summed E-state index contributed by atoms with van der Waals surface area (Å²) in [6.45, 7) is 0. The number of nitrogens with zero attached hydrogens (tertiary/aromatic N) is 2. The molecule has 0 bridgehead atoms. The molecule has 0 saturated heterocycles. The average molecular weight is 398 g/mol. The van der Waals surface area contributed by atoms with Crippen LogP contribution in [0, 0.1) is 0 Å². The van der Waals surface area contributed by atoms with Gasteiger partial charge >= 0.3 is 6.18 Å². The summed E-state index contributed by atoms with van der Waals surface area (Å²) in [6, 6.07) is 7.17. The van der Waals surface area contributed by atoms with Crippen LogP contribution in [-0.4, -0.2) is 30.5 Å². The summed E-state index contributed by atoms with van der Waals surface area (Å²) in [4.78, 5) is 10.3. The number of anilines is 1. The fourth-order valence-corrected chi connectivity index (χ4v) is 3.23. The zero-order valence-corrected chi connectivity index (χ0v) is 14.6. The van der Waals surface area contributed by atoms with Crippen LogP contribution >= 0.6 is 0 Å². The van der Waals surface area contributed by atoms with E-state index in [1.54, 1.807) is 24.4 Å². The number of aromatic nitrogens is 3. The number of methoxy groups -OCH3 is 1. The molecule has 3 aromatic rings. The molecule has 0 fully saturated rings. The monoisotopic (exact) mass is 398 g/mol. The Hall–Kier alpha value is -3.08. The number of hydrogen-bond acceptors (Lipinski definition) is 5. The lowest BCUT2D eigenvalue weighted by molar-refractivity contribution is -0.137. The molecule has 27 heavy (non-hydrogen) atoms. The molecule has 0 saturated carbocycles. The molecule has 0 unspecified atom stereocenters. The van der Waals surface area contributed by atoms with Crippen LogP contribution in [0.25, 0.3) is 11.4 Å². The lowest BCUT2D eigenvalue weighted by Crippen LogP contribution is -2.15. The van der Waals surface area contributed by atoms with E-state index in [9.17, 15) is 21.6 Å². The number of H-pyrrole nitrogens is 1. The van der Waals surface area contributed by atoms with E-state index in [2.05, 4.69) is 19.7 Å². The molecule has 0 aliphatic heterocycles. The molecule has 0 aliphatic rings. The van der Waals surface area contributed by atoms with Crippen LogP contribution in [0.15, 0.2) is 53.8 Å². The quantitative estimate of drug-likeness (QED) is 0.687. The Morgan fingerprint density at radius 3 is 2.59 bits per heavy atom. The second-order valence-corrected chi connectivity index (χ2v) is 7.02. The predicted molar refractivity (Wildman–Crippen MR) is 90.6 cm³/mol. The van der Waals surface area contributed by atoms with Crippen molar-refractivity contribution in [3.63, 3.8) is 0 Å². The second-order valence-electron chi connectivity index (χ2n) is 5.34. The molecule has 3 heterocycles. The highest BCUT2D eigenvalue weighted by atomic mass is 32.2. The predicted octanol–water partition coefficient (Wildman–Crippen LogP) is 3.30. The first-order valence-electron chi connectivity index (χ1n) is 7.44. The van der Waals surface area contributed by atoms with Crippen molar-refractivity contribution >= 4 is 15.8 Å². The minimum atomic E-state index is -4.63. The fourth-order valence-electron chi connectivity index (χ4n) is 2.22. The Morgan fingerprint density at radius 2 is 1.96 bits per heavy atom. The maximum atomic E-state index is 12.8. The van der Waals surface area contributed by atoms with E-state index in [0.29, 0.717) is 23.7 Å². The van der Waals surface area contributed by atoms with Gasteiger partial charge in [-0.2, -0.15) is 13.2 Å². The Labute approximate surface area is 152 Å². The molecular formula is C16H13F3N4O3S. The fraction of sp³-hybridized carbons (Fsp3) is 0.125. The zero-order chi connectivity index (χ0) is 19.7. The minimum Gasteiger partial charge on any atom is -0.493 e. The zero-order valence-electron chi connectivity index (χ0n) is 13.8. The number of aromatic amines is 1. The van der Waals surface area contributed by atoms with Gasteiger partial charge in [-0.3, -0.25) is 9.71 Å². The standard InChI is InChI=1S/C16H13F3N4O3S/c1-26-14-6-10(16(17,18)19)8-22-15(14)23-27(24,25)11-7-13(21-9-11)12-4-2-3-5-20-12/h2-9,21H,1H3,(H,22,23). The van der Waals surface area contributed by atoms with Gasteiger partial charge in [-0.05, 0) is 24.3 Å². The van der Waals surface area contributed by atoms with Crippen molar-refractivity contribution in [1.82, 2.24) is 15.0 Å². The molecular weight excluding hydrogens is 385 g/mol. The van der Waals surface area contributed by atoms with E-state index in [1.807, 2.05) is 0 Å². The Kier molecular flexibility index (Phi) is 4.79. The summed E-state index contributed by atoms with van der Waals surface area (Å²) < 4.78 is 70.3. The number of alkyl halides is 3. The largest absolute Gasteiger partial charge is 0.493 e. The Balaban J connectivity index is 1.90. The summed E-state index contributed by atoms with van der Waals surface area (Å²) >= 11 is 0. The Bertz CT molecular complexity index is 1050. The second kappa shape index (κ2) is 6.91. The molecule has 11 heteroatoms. The molecule has 0 spiro atoms. The third-order valence-corrected chi connectivity index (χ3v) is 4.86. The van der Waals surface area contributed by atoms with Gasteiger partial charge in [0, 0.05) is 18.6 Å². The lowest BCUT2D eigenvalue weighted by atomic mass is 10.2. The summed E-state index contributed by atoms with van der Waals surface area (Å²) in [5.41, 5.74) is -0.0612. The van der Waals surface area contributed by atoms with Crippen LogP contribution in [0.2, 0.25) is 0 Å². The van der Waals surface area contributed by atoms with E-state index >= 15 is 0 Å². The van der Waals surface area contributed by atoms with Gasteiger partial charge in [-0.15, -0.1) is 0 Å². The van der Waals surface area contributed by atoms with Gasteiger partial charge in [-0.1, -0.05) is 6.07 Å². The maximum absolute atomic E-state index is 12.8. The molecule has 0 aliphatic carbocycles. The van der Waals surface area contributed by atoms with Crippen molar-refractivity contribution in [1.29, 1.82) is 0 Å². The lowest BCUT2D eigenvalue weighted by Gasteiger charge is -2.12. The van der Waals surface area contributed by atoms with Gasteiger partial charge in [0.05, 0.1) is 24.1 Å². The SMILES string of the molecule is COc1cc(C(F)(F)F)cnc1NS(=O)(=O)c1c[nH]c(-c2ccccn2)c1. The molecule has 3 rings (SSSR count). The topological polar surface area (TPSA) is 97.0 Å². The number of rotatable bonds is 5. The van der Waals surface area contributed by atoms with Crippen LogP contribution in [0.3, 0.4) is 0 Å². The van der Waals surface area contributed by atoms with Crippen LogP contribution in [0.4, 0.5) is 19.0 Å². The third kappa shape index (κ3) is 4.03. The van der Waals surface area contributed by atoms with Crippen molar-refractivity contribution in [2.45, 2.75) is 11.1 Å². The van der Waals surface area contributed by atoms with Crippen LogP contribution in [0.1, 0.15) is 5.56 Å². The number of ether oxygens (including phenoxy) is 1. The van der Waals surface area contributed by atoms with E-state index in [1.165, 1.54) is 12.3 Å². The number of halogens is 3. The summed E-state index contributed by atoms with van der Waals surface area (Å²) in [7, 11) is -3.00. The highest BCUT2D eigenvalue weighted by molar-refractivity contribution is 7.92. The molecule has 0 atom stereocenters. The molecule has 3 aromatic heterocycles. The van der Waals surface area contributed by atoms with Crippen molar-refractivity contribution in [3.05, 3.63) is 54.5 Å². The number of nitrogens with one attached hydrogen (secondary N) is 2. The van der Waals surface area contributed by atoms with Gasteiger partial charge in [0.2, 0.25) is 0 Å². The van der Waals surface area contributed by atoms with Gasteiger partial charge in [-0.25, -0.2) is 13.4 Å². The van der Waals surface area contributed by atoms with Crippen LogP contribution < -0.4 is 9.46 Å². The van der Waals surface area contributed by atoms with E-state index in [0.717, 1.165) is 7.11 Å². The van der Waals surface area contributed by atoms with E-state index in [-0.39, 0.29) is 16.5 Å². The van der Waals surface area contributed by atoms with E-state index in [4.69, 9.17) is 4.74 Å².